The molecule has 2 atom stereocenters. The number of benzene rings is 1. The second kappa shape index (κ2) is 7.55. The molecule has 1 saturated heterocycles. The Hall–Kier alpha value is -2.25. The third-order valence-corrected chi connectivity index (χ3v) is 3.79. The van der Waals surface area contributed by atoms with Crippen LogP contribution in [0.15, 0.2) is 30.3 Å². The normalized spacial score (nSPS) is 21.2. The molecule has 5 nitrogen and oxygen atoms in total. The largest absolute Gasteiger partial charge is 0.484 e. The van der Waals surface area contributed by atoms with Crippen molar-refractivity contribution in [2.75, 3.05) is 13.2 Å². The van der Waals surface area contributed by atoms with E-state index in [0.29, 0.717) is 5.75 Å². The first-order chi connectivity index (χ1) is 11.3. The van der Waals surface area contributed by atoms with E-state index in [1.54, 1.807) is 30.3 Å². The topological polar surface area (TPSA) is 58.6 Å². The van der Waals surface area contributed by atoms with Gasteiger partial charge in [0, 0.05) is 19.5 Å². The summed E-state index contributed by atoms with van der Waals surface area (Å²) >= 11 is 0. The molecule has 132 valence electrons. The first-order valence-electron chi connectivity index (χ1n) is 7.58. The molecule has 2 amide bonds. The van der Waals surface area contributed by atoms with Gasteiger partial charge in [0.1, 0.15) is 11.8 Å². The monoisotopic (exact) mass is 344 g/mol. The number of hydrogen-bond donors (Lipinski definition) is 1. The minimum Gasteiger partial charge on any atom is -0.484 e. The van der Waals surface area contributed by atoms with Crippen molar-refractivity contribution in [1.29, 1.82) is 0 Å². The van der Waals surface area contributed by atoms with Gasteiger partial charge in [-0.1, -0.05) is 18.2 Å². The van der Waals surface area contributed by atoms with E-state index in [2.05, 4.69) is 5.32 Å². The molecular formula is C16H19F3N2O3. The first kappa shape index (κ1) is 18.1. The van der Waals surface area contributed by atoms with Crippen LogP contribution >= 0.6 is 0 Å². The van der Waals surface area contributed by atoms with Gasteiger partial charge in [-0.2, -0.15) is 13.2 Å². The van der Waals surface area contributed by atoms with Crippen LogP contribution in [0.4, 0.5) is 13.2 Å². The van der Waals surface area contributed by atoms with Crippen molar-refractivity contribution >= 4 is 11.8 Å². The molecule has 0 spiro atoms. The Kier molecular flexibility index (Phi) is 5.69. The lowest BCUT2D eigenvalue weighted by molar-refractivity contribution is -0.198. The Labute approximate surface area is 137 Å². The molecule has 0 radical (unpaired) electrons. The van der Waals surface area contributed by atoms with Gasteiger partial charge in [-0.05, 0) is 25.0 Å². The molecule has 1 N–H and O–H groups in total. The van der Waals surface area contributed by atoms with E-state index in [-0.39, 0.29) is 25.3 Å². The summed E-state index contributed by atoms with van der Waals surface area (Å²) in [6.07, 6.45) is -4.58. The second-order valence-corrected chi connectivity index (χ2v) is 5.68. The number of alkyl halides is 3. The van der Waals surface area contributed by atoms with Crippen molar-refractivity contribution in [1.82, 2.24) is 10.2 Å². The van der Waals surface area contributed by atoms with Crippen molar-refractivity contribution in [3.05, 3.63) is 30.3 Å². The Bertz CT molecular complexity index is 578. The number of para-hydroxylation sites is 1. The molecule has 0 unspecified atom stereocenters. The van der Waals surface area contributed by atoms with Crippen LogP contribution in [0.25, 0.3) is 0 Å². The SMILES string of the molecule is CC(=O)N[C@H]1CC[C@H](C(F)(F)F)N(C(=O)COc2ccccc2)C1. The van der Waals surface area contributed by atoms with Crippen molar-refractivity contribution in [3.8, 4) is 5.75 Å². The van der Waals surface area contributed by atoms with E-state index >= 15 is 0 Å². The van der Waals surface area contributed by atoms with Crippen molar-refractivity contribution in [2.45, 2.75) is 38.0 Å². The summed E-state index contributed by atoms with van der Waals surface area (Å²) in [4.78, 5) is 24.1. The first-order valence-corrected chi connectivity index (χ1v) is 7.58. The van der Waals surface area contributed by atoms with E-state index in [4.69, 9.17) is 4.74 Å². The number of ether oxygens (including phenoxy) is 1. The number of halogens is 3. The summed E-state index contributed by atoms with van der Waals surface area (Å²) in [5.74, 6) is -0.681. The molecule has 2 rings (SSSR count). The lowest BCUT2D eigenvalue weighted by atomic mass is 9.97. The molecular weight excluding hydrogens is 325 g/mol. The maximum absolute atomic E-state index is 13.2. The molecule has 0 bridgehead atoms. The van der Waals surface area contributed by atoms with Crippen LogP contribution in [0.2, 0.25) is 0 Å². The number of carbonyl (C=O) groups is 2. The maximum atomic E-state index is 13.2. The summed E-state index contributed by atoms with van der Waals surface area (Å²) in [5.41, 5.74) is 0. The maximum Gasteiger partial charge on any atom is 0.408 e. The highest BCUT2D eigenvalue weighted by atomic mass is 19.4. The van der Waals surface area contributed by atoms with Gasteiger partial charge >= 0.3 is 6.18 Å². The summed E-state index contributed by atoms with van der Waals surface area (Å²) in [7, 11) is 0. The zero-order chi connectivity index (χ0) is 17.7. The Balaban J connectivity index is 2.04. The van der Waals surface area contributed by atoms with E-state index in [1.807, 2.05) is 0 Å². The number of carbonyl (C=O) groups excluding carboxylic acids is 2. The smallest absolute Gasteiger partial charge is 0.408 e. The molecule has 0 aliphatic carbocycles. The van der Waals surface area contributed by atoms with E-state index < -0.39 is 30.8 Å². The number of rotatable bonds is 4. The molecule has 8 heteroatoms. The standard InChI is InChI=1S/C16H19F3N2O3/c1-11(22)20-12-7-8-14(16(17,18)19)21(9-12)15(23)10-24-13-5-3-2-4-6-13/h2-6,12,14H,7-10H2,1H3,(H,20,22)/t12-,14+/m0/s1. The fourth-order valence-corrected chi connectivity index (χ4v) is 2.74. The number of nitrogens with zero attached hydrogens (tertiary/aromatic N) is 1. The molecule has 1 aromatic rings. The molecule has 1 fully saturated rings. The van der Waals surface area contributed by atoms with Crippen LogP contribution in [0.5, 0.6) is 5.75 Å². The van der Waals surface area contributed by atoms with Crippen molar-refractivity contribution in [3.63, 3.8) is 0 Å². The van der Waals surface area contributed by atoms with Crippen LogP contribution in [0, 0.1) is 0 Å². The number of piperidine rings is 1. The Morgan fingerprint density at radius 3 is 2.50 bits per heavy atom. The van der Waals surface area contributed by atoms with Gasteiger partial charge in [0.05, 0.1) is 0 Å². The van der Waals surface area contributed by atoms with E-state index in [9.17, 15) is 22.8 Å². The number of likely N-dealkylation sites (tertiary alicyclic amines) is 1. The highest BCUT2D eigenvalue weighted by molar-refractivity contribution is 5.79. The summed E-state index contributed by atoms with van der Waals surface area (Å²) in [6.45, 7) is 0.630. The zero-order valence-corrected chi connectivity index (χ0v) is 13.2. The number of hydrogen-bond acceptors (Lipinski definition) is 3. The van der Waals surface area contributed by atoms with Crippen molar-refractivity contribution in [2.24, 2.45) is 0 Å². The third-order valence-electron chi connectivity index (χ3n) is 3.79. The molecule has 0 aromatic heterocycles. The van der Waals surface area contributed by atoms with Gasteiger partial charge < -0.3 is 15.0 Å². The van der Waals surface area contributed by atoms with Gasteiger partial charge in [-0.15, -0.1) is 0 Å². The second-order valence-electron chi connectivity index (χ2n) is 5.68. The van der Waals surface area contributed by atoms with Crippen LogP contribution in [0.3, 0.4) is 0 Å². The molecule has 1 aromatic carbocycles. The van der Waals surface area contributed by atoms with Crippen molar-refractivity contribution < 1.29 is 27.5 Å². The van der Waals surface area contributed by atoms with E-state index in [1.165, 1.54) is 6.92 Å². The number of nitrogens with one attached hydrogen (secondary N) is 1. The Morgan fingerprint density at radius 2 is 1.92 bits per heavy atom. The van der Waals surface area contributed by atoms with E-state index in [0.717, 1.165) is 4.90 Å². The lowest BCUT2D eigenvalue weighted by Gasteiger charge is -2.40. The van der Waals surface area contributed by atoms with Crippen LogP contribution in [0.1, 0.15) is 19.8 Å². The van der Waals surface area contributed by atoms with Gasteiger partial charge in [-0.25, -0.2) is 0 Å². The molecule has 0 saturated carbocycles. The minimum absolute atomic E-state index is 0.174. The van der Waals surface area contributed by atoms with Crippen LogP contribution in [-0.2, 0) is 9.59 Å². The van der Waals surface area contributed by atoms with Crippen LogP contribution in [-0.4, -0.2) is 48.1 Å². The average molecular weight is 344 g/mol. The summed E-state index contributed by atoms with van der Waals surface area (Å²) in [6, 6.07) is 6.06. The molecule has 1 aliphatic rings. The molecule has 24 heavy (non-hydrogen) atoms. The predicted molar refractivity (Wildman–Crippen MR) is 80.3 cm³/mol. The summed E-state index contributed by atoms with van der Waals surface area (Å²) in [5, 5.41) is 2.57. The zero-order valence-electron chi connectivity index (χ0n) is 13.2. The highest BCUT2D eigenvalue weighted by Gasteiger charge is 2.48. The van der Waals surface area contributed by atoms with Gasteiger partial charge in [0.2, 0.25) is 5.91 Å². The van der Waals surface area contributed by atoms with Gasteiger partial charge in [0.15, 0.2) is 6.61 Å². The quantitative estimate of drug-likeness (QED) is 0.910. The Morgan fingerprint density at radius 1 is 1.25 bits per heavy atom. The van der Waals surface area contributed by atoms with Gasteiger partial charge in [0.25, 0.3) is 5.91 Å². The summed E-state index contributed by atoms with van der Waals surface area (Å²) < 4.78 is 44.8. The van der Waals surface area contributed by atoms with Crippen LogP contribution < -0.4 is 10.1 Å². The minimum atomic E-state index is -4.51. The van der Waals surface area contributed by atoms with Gasteiger partial charge in [-0.3, -0.25) is 9.59 Å². The fraction of sp³-hybridized carbons (Fsp3) is 0.500. The third kappa shape index (κ3) is 4.87. The number of amides is 2. The highest BCUT2D eigenvalue weighted by Crippen LogP contribution is 2.32. The fourth-order valence-electron chi connectivity index (χ4n) is 2.74. The molecule has 1 heterocycles. The lowest BCUT2D eigenvalue weighted by Crippen LogP contribution is -2.59. The average Bonchev–Trinajstić information content (AvgIpc) is 2.52. The predicted octanol–water partition coefficient (Wildman–Crippen LogP) is 2.12. The molecule has 1 aliphatic heterocycles.